The molecule has 0 aliphatic carbocycles. The summed E-state index contributed by atoms with van der Waals surface area (Å²) in [6, 6.07) is 7.51. The fraction of sp³-hybridized carbons (Fsp3) is 0.400. The van der Waals surface area contributed by atoms with Crippen LogP contribution in [0.25, 0.3) is 0 Å². The van der Waals surface area contributed by atoms with Gasteiger partial charge in [-0.3, -0.25) is 4.79 Å². The van der Waals surface area contributed by atoms with Gasteiger partial charge < -0.3 is 19.1 Å². The van der Waals surface area contributed by atoms with Crippen LogP contribution < -0.4 is 10.1 Å². The topological polar surface area (TPSA) is 95.1 Å². The van der Waals surface area contributed by atoms with E-state index in [2.05, 4.69) is 20.7 Å². The number of amides is 1. The molecule has 0 radical (unpaired) electrons. The van der Waals surface area contributed by atoms with Crippen LogP contribution in [0.2, 0.25) is 0 Å². The number of nitrogens with zero attached hydrogens (tertiary/aromatic N) is 4. The van der Waals surface area contributed by atoms with Crippen LogP contribution in [-0.2, 0) is 4.79 Å². The molecule has 2 heterocycles. The smallest absolute Gasteiger partial charge is 0.238 e. The van der Waals surface area contributed by atoms with Gasteiger partial charge >= 0.3 is 0 Å². The van der Waals surface area contributed by atoms with Gasteiger partial charge in [-0.1, -0.05) is 16.9 Å². The maximum atomic E-state index is 13.1. The zero-order valence-corrected chi connectivity index (χ0v) is 18.2. The minimum absolute atomic E-state index is 0.0465. The van der Waals surface area contributed by atoms with Crippen molar-refractivity contribution < 1.29 is 18.4 Å². The Morgan fingerprint density at radius 1 is 1.20 bits per heavy atom. The van der Waals surface area contributed by atoms with Crippen molar-refractivity contribution in [1.29, 1.82) is 0 Å². The molecule has 0 fully saturated rings. The quantitative estimate of drug-likeness (QED) is 0.521. The Hall–Kier alpha value is -2.88. The Morgan fingerprint density at radius 3 is 2.50 bits per heavy atom. The Labute approximate surface area is 178 Å². The van der Waals surface area contributed by atoms with Crippen molar-refractivity contribution in [3.63, 3.8) is 0 Å². The molecular weight excluding hydrogens is 409 g/mol. The lowest BCUT2D eigenvalue weighted by molar-refractivity contribution is -0.115. The Morgan fingerprint density at radius 2 is 1.90 bits per heavy atom. The summed E-state index contributed by atoms with van der Waals surface area (Å²) >= 11 is 1.29. The van der Waals surface area contributed by atoms with E-state index in [1.165, 1.54) is 23.9 Å². The van der Waals surface area contributed by atoms with Crippen molar-refractivity contribution in [3.05, 3.63) is 47.7 Å². The first-order valence-corrected chi connectivity index (χ1v) is 10.4. The highest BCUT2D eigenvalue weighted by Gasteiger charge is 2.25. The number of rotatable bonds is 8. The molecule has 3 rings (SSSR count). The largest absolute Gasteiger partial charge is 0.483 e. The number of halogens is 1. The molecule has 3 aromatic rings. The second-order valence-electron chi connectivity index (χ2n) is 7.09. The number of anilines is 1. The number of ether oxygens (including phenoxy) is 1. The number of thioether (sulfide) groups is 1. The highest BCUT2D eigenvalue weighted by atomic mass is 32.2. The van der Waals surface area contributed by atoms with E-state index in [9.17, 15) is 9.18 Å². The van der Waals surface area contributed by atoms with Crippen LogP contribution in [0.4, 0.5) is 10.2 Å². The molecule has 0 saturated carbocycles. The van der Waals surface area contributed by atoms with Gasteiger partial charge in [0, 0.05) is 12.1 Å². The summed E-state index contributed by atoms with van der Waals surface area (Å²) in [5.41, 5.74) is 0. The number of aryl methyl sites for hydroxylation is 1. The molecule has 160 valence electrons. The molecule has 0 spiro atoms. The van der Waals surface area contributed by atoms with Crippen LogP contribution in [0.1, 0.15) is 51.4 Å². The molecule has 0 saturated heterocycles. The number of benzene rings is 1. The first-order valence-electron chi connectivity index (χ1n) is 9.52. The van der Waals surface area contributed by atoms with Crippen LogP contribution in [0.3, 0.4) is 0 Å². The monoisotopic (exact) mass is 433 g/mol. The second-order valence-corrected chi connectivity index (χ2v) is 8.40. The summed E-state index contributed by atoms with van der Waals surface area (Å²) in [6.07, 6.45) is -0.415. The molecular formula is C20H24FN5O3S. The number of hydrogen-bond acceptors (Lipinski definition) is 7. The maximum Gasteiger partial charge on any atom is 0.238 e. The molecule has 10 heteroatoms. The number of nitrogens with one attached hydrogen (secondary N) is 1. The van der Waals surface area contributed by atoms with Crippen molar-refractivity contribution in [2.75, 3.05) is 5.32 Å². The molecule has 8 nitrogen and oxygen atoms in total. The minimum Gasteiger partial charge on any atom is -0.483 e. The molecule has 1 N–H and O–H groups in total. The highest BCUT2D eigenvalue weighted by molar-refractivity contribution is 8.00. The predicted molar refractivity (Wildman–Crippen MR) is 111 cm³/mol. The third-order valence-electron chi connectivity index (χ3n) is 4.23. The van der Waals surface area contributed by atoms with E-state index < -0.39 is 11.4 Å². The molecule has 1 amide bonds. The average molecular weight is 434 g/mol. The summed E-state index contributed by atoms with van der Waals surface area (Å²) in [7, 11) is 0. The summed E-state index contributed by atoms with van der Waals surface area (Å²) in [5, 5.41) is 15.2. The molecule has 2 atom stereocenters. The third-order valence-corrected chi connectivity index (χ3v) is 5.28. The van der Waals surface area contributed by atoms with Gasteiger partial charge in [0.15, 0.2) is 22.9 Å². The Bertz CT molecular complexity index is 1000. The summed E-state index contributed by atoms with van der Waals surface area (Å²) < 4.78 is 25.9. The molecule has 2 aromatic heterocycles. The van der Waals surface area contributed by atoms with Crippen molar-refractivity contribution in [2.24, 2.45) is 0 Å². The van der Waals surface area contributed by atoms with Crippen LogP contribution in [0, 0.1) is 12.7 Å². The van der Waals surface area contributed by atoms with E-state index in [4.69, 9.17) is 9.26 Å². The van der Waals surface area contributed by atoms with Crippen LogP contribution in [-0.4, -0.2) is 31.1 Å². The van der Waals surface area contributed by atoms with Gasteiger partial charge in [-0.25, -0.2) is 4.39 Å². The number of carbonyl (C=O) groups excluding carboxylic acids is 1. The molecule has 0 aliphatic rings. The normalized spacial score (nSPS) is 13.3. The third kappa shape index (κ3) is 5.18. The zero-order valence-electron chi connectivity index (χ0n) is 17.4. The van der Waals surface area contributed by atoms with Gasteiger partial charge in [-0.15, -0.1) is 10.2 Å². The van der Waals surface area contributed by atoms with E-state index in [0.717, 1.165) is 0 Å². The lowest BCUT2D eigenvalue weighted by Gasteiger charge is -2.19. The summed E-state index contributed by atoms with van der Waals surface area (Å²) in [5.74, 6) is 1.60. The fourth-order valence-electron chi connectivity index (χ4n) is 2.77. The zero-order chi connectivity index (χ0) is 21.8. The number of aromatic nitrogens is 4. The van der Waals surface area contributed by atoms with E-state index in [1.54, 1.807) is 32.0 Å². The van der Waals surface area contributed by atoms with Crippen molar-refractivity contribution in [3.8, 4) is 5.75 Å². The second kappa shape index (κ2) is 9.29. The van der Waals surface area contributed by atoms with Gasteiger partial charge in [0.25, 0.3) is 0 Å². The Balaban J connectivity index is 1.73. The first-order chi connectivity index (χ1) is 14.2. The lowest BCUT2D eigenvalue weighted by Crippen LogP contribution is -2.23. The molecule has 2 unspecified atom stereocenters. The van der Waals surface area contributed by atoms with E-state index >= 15 is 0 Å². The summed E-state index contributed by atoms with van der Waals surface area (Å²) in [6.45, 7) is 9.39. The van der Waals surface area contributed by atoms with Crippen LogP contribution >= 0.6 is 11.8 Å². The van der Waals surface area contributed by atoms with Crippen molar-refractivity contribution in [1.82, 2.24) is 19.9 Å². The molecule has 0 aliphatic heterocycles. The minimum atomic E-state index is -0.440. The SMILES string of the molecule is Cc1cc(NC(=O)C(C)Sc2nnc(C(C)Oc3ccc(F)cc3)n2C(C)C)no1. The van der Waals surface area contributed by atoms with Gasteiger partial charge in [0.1, 0.15) is 17.3 Å². The van der Waals surface area contributed by atoms with E-state index in [-0.39, 0.29) is 17.8 Å². The van der Waals surface area contributed by atoms with Crippen molar-refractivity contribution >= 4 is 23.5 Å². The lowest BCUT2D eigenvalue weighted by atomic mass is 10.3. The fourth-order valence-corrected chi connectivity index (χ4v) is 3.75. The van der Waals surface area contributed by atoms with Gasteiger partial charge in [0.2, 0.25) is 5.91 Å². The maximum absolute atomic E-state index is 13.1. The Kier molecular flexibility index (Phi) is 6.76. The number of carbonyl (C=O) groups is 1. The standard InChI is InChI=1S/C20H24FN5O3S/c1-11(2)26-18(13(4)28-16-8-6-15(21)7-9-16)23-24-20(26)30-14(5)19(27)22-17-10-12(3)29-25-17/h6-11,13-14H,1-5H3,(H,22,25,27). The van der Waals surface area contributed by atoms with E-state index in [1.807, 2.05) is 25.3 Å². The molecule has 1 aromatic carbocycles. The summed E-state index contributed by atoms with van der Waals surface area (Å²) in [4.78, 5) is 12.5. The van der Waals surface area contributed by atoms with Crippen molar-refractivity contribution in [2.45, 2.75) is 57.2 Å². The molecule has 30 heavy (non-hydrogen) atoms. The van der Waals surface area contributed by atoms with E-state index in [0.29, 0.717) is 28.3 Å². The highest BCUT2D eigenvalue weighted by Crippen LogP contribution is 2.30. The average Bonchev–Trinajstić information content (AvgIpc) is 3.29. The molecule has 0 bridgehead atoms. The van der Waals surface area contributed by atoms with Crippen LogP contribution in [0.5, 0.6) is 5.75 Å². The van der Waals surface area contributed by atoms with Gasteiger partial charge in [-0.2, -0.15) is 0 Å². The number of hydrogen-bond donors (Lipinski definition) is 1. The predicted octanol–water partition coefficient (Wildman–Crippen LogP) is 4.55. The van der Waals surface area contributed by atoms with Gasteiger partial charge in [0.05, 0.1) is 5.25 Å². The van der Waals surface area contributed by atoms with Crippen LogP contribution in [0.15, 0.2) is 40.0 Å². The van der Waals surface area contributed by atoms with Gasteiger partial charge in [-0.05, 0) is 58.9 Å². The first kappa shape index (κ1) is 21.8.